The number of nitrogens with zero attached hydrogens (tertiary/aromatic N) is 1. The smallest absolute Gasteiger partial charge is 0.358 e. The Balaban J connectivity index is 1.67. The zero-order valence-corrected chi connectivity index (χ0v) is 11.1. The van der Waals surface area contributed by atoms with Gasteiger partial charge in [0.25, 0.3) is 0 Å². The highest BCUT2D eigenvalue weighted by Crippen LogP contribution is 2.29. The maximum Gasteiger partial charge on any atom is 0.358 e. The Kier molecular flexibility index (Phi) is 3.29. The van der Waals surface area contributed by atoms with Crippen molar-refractivity contribution in [1.29, 1.82) is 0 Å². The van der Waals surface area contributed by atoms with Crippen molar-refractivity contribution >= 4 is 17.7 Å². The standard InChI is InChI=1S/C14H13NO3S/c16-14(17)13-7-11(18-15-13)8-19-12-5-4-9-2-1-3-10(9)6-12/h4-7H,1-3,8H2,(H,16,17). The highest BCUT2D eigenvalue weighted by Gasteiger charge is 2.13. The third-order valence-corrected chi connectivity index (χ3v) is 4.25. The summed E-state index contributed by atoms with van der Waals surface area (Å²) < 4.78 is 4.99. The molecule has 0 atom stereocenters. The molecule has 1 heterocycles. The second-order valence-electron chi connectivity index (χ2n) is 4.56. The van der Waals surface area contributed by atoms with Crippen molar-refractivity contribution in [3.8, 4) is 0 Å². The lowest BCUT2D eigenvalue weighted by Gasteiger charge is -2.03. The SMILES string of the molecule is O=C(O)c1cc(CSc2ccc3c(c2)CCC3)on1. The Hall–Kier alpha value is -1.75. The van der Waals surface area contributed by atoms with Crippen LogP contribution in [0.1, 0.15) is 33.8 Å². The molecule has 98 valence electrons. The lowest BCUT2D eigenvalue weighted by molar-refractivity contribution is 0.0685. The summed E-state index contributed by atoms with van der Waals surface area (Å²) in [5.41, 5.74) is 2.86. The number of aryl methyl sites for hydroxylation is 2. The monoisotopic (exact) mass is 275 g/mol. The van der Waals surface area contributed by atoms with Crippen molar-refractivity contribution < 1.29 is 14.4 Å². The molecule has 0 aliphatic heterocycles. The van der Waals surface area contributed by atoms with Gasteiger partial charge in [0.1, 0.15) is 5.76 Å². The number of fused-ring (bicyclic) bond motifs is 1. The van der Waals surface area contributed by atoms with Crippen LogP contribution in [-0.2, 0) is 18.6 Å². The first kappa shape index (κ1) is 12.3. The van der Waals surface area contributed by atoms with E-state index in [0.717, 1.165) is 6.42 Å². The van der Waals surface area contributed by atoms with E-state index >= 15 is 0 Å². The summed E-state index contributed by atoms with van der Waals surface area (Å²) in [5.74, 6) is 0.124. The molecule has 1 N–H and O–H groups in total. The molecule has 0 amide bonds. The van der Waals surface area contributed by atoms with Crippen molar-refractivity contribution in [2.24, 2.45) is 0 Å². The highest BCUT2D eigenvalue weighted by atomic mass is 32.2. The van der Waals surface area contributed by atoms with Gasteiger partial charge >= 0.3 is 5.97 Å². The Morgan fingerprint density at radius 3 is 2.95 bits per heavy atom. The van der Waals surface area contributed by atoms with E-state index < -0.39 is 5.97 Å². The Labute approximate surface area is 114 Å². The number of rotatable bonds is 4. The number of aromatic carboxylic acids is 1. The second kappa shape index (κ2) is 5.09. The van der Waals surface area contributed by atoms with Crippen LogP contribution in [0.5, 0.6) is 0 Å². The third kappa shape index (κ3) is 2.66. The average Bonchev–Trinajstić information content (AvgIpc) is 3.04. The minimum Gasteiger partial charge on any atom is -0.476 e. The summed E-state index contributed by atoms with van der Waals surface area (Å²) >= 11 is 1.64. The normalized spacial score (nSPS) is 13.5. The van der Waals surface area contributed by atoms with E-state index in [0.29, 0.717) is 11.5 Å². The van der Waals surface area contributed by atoms with Gasteiger partial charge in [-0.05, 0) is 42.5 Å². The fraction of sp³-hybridized carbons (Fsp3) is 0.286. The molecule has 1 aliphatic rings. The summed E-state index contributed by atoms with van der Waals surface area (Å²) in [7, 11) is 0. The lowest BCUT2D eigenvalue weighted by atomic mass is 10.1. The quantitative estimate of drug-likeness (QED) is 0.868. The molecule has 1 aromatic carbocycles. The maximum absolute atomic E-state index is 10.7. The zero-order chi connectivity index (χ0) is 13.2. The fourth-order valence-corrected chi connectivity index (χ4v) is 3.11. The molecule has 0 unspecified atom stereocenters. The molecule has 19 heavy (non-hydrogen) atoms. The molecule has 0 saturated carbocycles. The molecule has 4 nitrogen and oxygen atoms in total. The molecule has 0 radical (unpaired) electrons. The number of thioether (sulfide) groups is 1. The van der Waals surface area contributed by atoms with E-state index in [1.165, 1.54) is 34.9 Å². The van der Waals surface area contributed by atoms with Crippen molar-refractivity contribution in [1.82, 2.24) is 5.16 Å². The predicted molar refractivity (Wildman–Crippen MR) is 71.5 cm³/mol. The van der Waals surface area contributed by atoms with Gasteiger partial charge in [-0.25, -0.2) is 4.79 Å². The van der Waals surface area contributed by atoms with Crippen LogP contribution in [0.3, 0.4) is 0 Å². The van der Waals surface area contributed by atoms with Crippen LogP contribution in [0, 0.1) is 0 Å². The van der Waals surface area contributed by atoms with Gasteiger partial charge in [-0.1, -0.05) is 11.2 Å². The first-order valence-electron chi connectivity index (χ1n) is 6.16. The molecule has 5 heteroatoms. The van der Waals surface area contributed by atoms with Crippen LogP contribution < -0.4 is 0 Å². The summed E-state index contributed by atoms with van der Waals surface area (Å²) in [6, 6.07) is 8.00. The number of carboxylic acid groups (broad SMARTS) is 1. The summed E-state index contributed by atoms with van der Waals surface area (Å²) in [6.07, 6.45) is 3.59. The minimum atomic E-state index is -1.06. The molecule has 1 aliphatic carbocycles. The van der Waals surface area contributed by atoms with Crippen molar-refractivity contribution in [2.45, 2.75) is 29.9 Å². The van der Waals surface area contributed by atoms with Gasteiger partial charge in [0, 0.05) is 11.0 Å². The topological polar surface area (TPSA) is 63.3 Å². The molecule has 0 saturated heterocycles. The van der Waals surface area contributed by atoms with Crippen LogP contribution in [0.2, 0.25) is 0 Å². The number of carboxylic acids is 1. The first-order valence-corrected chi connectivity index (χ1v) is 7.14. The summed E-state index contributed by atoms with van der Waals surface area (Å²) in [5, 5.41) is 12.3. The van der Waals surface area contributed by atoms with Gasteiger partial charge in [0.2, 0.25) is 0 Å². The maximum atomic E-state index is 10.7. The Morgan fingerprint density at radius 2 is 2.16 bits per heavy atom. The Bertz CT molecular complexity index is 621. The minimum absolute atomic E-state index is 0.0375. The number of hydrogen-bond donors (Lipinski definition) is 1. The molecule has 3 rings (SSSR count). The number of hydrogen-bond acceptors (Lipinski definition) is 4. The summed E-state index contributed by atoms with van der Waals surface area (Å²) in [6.45, 7) is 0. The highest BCUT2D eigenvalue weighted by molar-refractivity contribution is 7.98. The molecule has 0 fully saturated rings. The number of carbonyl (C=O) groups is 1. The summed E-state index contributed by atoms with van der Waals surface area (Å²) in [4.78, 5) is 11.9. The van der Waals surface area contributed by atoms with Gasteiger partial charge in [-0.2, -0.15) is 0 Å². The van der Waals surface area contributed by atoms with Crippen LogP contribution in [0.15, 0.2) is 33.7 Å². The zero-order valence-electron chi connectivity index (χ0n) is 10.3. The van der Waals surface area contributed by atoms with E-state index in [9.17, 15) is 4.79 Å². The molecule has 1 aromatic heterocycles. The lowest BCUT2D eigenvalue weighted by Crippen LogP contribution is -1.94. The molecule has 0 spiro atoms. The van der Waals surface area contributed by atoms with Crippen LogP contribution >= 0.6 is 11.8 Å². The average molecular weight is 275 g/mol. The van der Waals surface area contributed by atoms with Gasteiger partial charge < -0.3 is 9.63 Å². The van der Waals surface area contributed by atoms with E-state index in [1.807, 2.05) is 0 Å². The molecule has 0 bridgehead atoms. The van der Waals surface area contributed by atoms with E-state index in [2.05, 4.69) is 23.4 Å². The van der Waals surface area contributed by atoms with Crippen molar-refractivity contribution in [3.63, 3.8) is 0 Å². The van der Waals surface area contributed by atoms with Gasteiger partial charge in [-0.15, -0.1) is 11.8 Å². The van der Waals surface area contributed by atoms with Gasteiger partial charge in [0.05, 0.1) is 5.75 Å². The van der Waals surface area contributed by atoms with E-state index in [4.69, 9.17) is 9.63 Å². The molecular formula is C14H13NO3S. The second-order valence-corrected chi connectivity index (χ2v) is 5.61. The van der Waals surface area contributed by atoms with Crippen LogP contribution in [0.25, 0.3) is 0 Å². The molecule has 2 aromatic rings. The van der Waals surface area contributed by atoms with E-state index in [-0.39, 0.29) is 5.69 Å². The molecular weight excluding hydrogens is 262 g/mol. The largest absolute Gasteiger partial charge is 0.476 e. The van der Waals surface area contributed by atoms with Gasteiger partial charge in [-0.3, -0.25) is 0 Å². The van der Waals surface area contributed by atoms with Crippen molar-refractivity contribution in [2.75, 3.05) is 0 Å². The third-order valence-electron chi connectivity index (χ3n) is 3.23. The number of benzene rings is 1. The fourth-order valence-electron chi connectivity index (χ4n) is 2.27. The number of aromatic nitrogens is 1. The van der Waals surface area contributed by atoms with Gasteiger partial charge in [0.15, 0.2) is 5.69 Å². The van der Waals surface area contributed by atoms with Crippen LogP contribution in [0.4, 0.5) is 0 Å². The first-order chi connectivity index (χ1) is 9.22. The predicted octanol–water partition coefficient (Wildman–Crippen LogP) is 3.15. The van der Waals surface area contributed by atoms with Crippen LogP contribution in [-0.4, -0.2) is 16.2 Å². The van der Waals surface area contributed by atoms with E-state index in [1.54, 1.807) is 11.8 Å². The van der Waals surface area contributed by atoms with Crippen molar-refractivity contribution in [3.05, 3.63) is 46.8 Å². The Morgan fingerprint density at radius 1 is 1.32 bits per heavy atom.